The molecule has 1 unspecified atom stereocenters. The van der Waals surface area contributed by atoms with Gasteiger partial charge in [0.2, 0.25) is 0 Å². The van der Waals surface area contributed by atoms with Gasteiger partial charge in [-0.3, -0.25) is 4.79 Å². The van der Waals surface area contributed by atoms with Crippen LogP contribution in [0.3, 0.4) is 0 Å². The molecule has 0 aliphatic rings. The number of hydrogen-bond acceptors (Lipinski definition) is 4. The van der Waals surface area contributed by atoms with Gasteiger partial charge in [0.15, 0.2) is 9.84 Å². The lowest BCUT2D eigenvalue weighted by Gasteiger charge is -2.25. The van der Waals surface area contributed by atoms with Gasteiger partial charge in [0.1, 0.15) is 0 Å². The summed E-state index contributed by atoms with van der Waals surface area (Å²) in [6, 6.07) is 0. The zero-order valence-corrected chi connectivity index (χ0v) is 12.7. The van der Waals surface area contributed by atoms with E-state index in [1.807, 2.05) is 11.8 Å². The third-order valence-corrected chi connectivity index (χ3v) is 5.60. The first-order chi connectivity index (χ1) is 8.01. The Morgan fingerprint density at radius 1 is 1.33 bits per heavy atom. The lowest BCUT2D eigenvalue weighted by molar-refractivity contribution is -0.141. The lowest BCUT2D eigenvalue weighted by Crippen LogP contribution is -2.39. The minimum Gasteiger partial charge on any atom is -0.481 e. The third kappa shape index (κ3) is 5.35. The Balaban J connectivity index is 4.46. The van der Waals surface area contributed by atoms with Crippen LogP contribution in [0, 0.1) is 5.92 Å². The predicted molar refractivity (Wildman–Crippen MR) is 72.5 cm³/mol. The van der Waals surface area contributed by atoms with Gasteiger partial charge in [-0.2, -0.15) is 0 Å². The van der Waals surface area contributed by atoms with Crippen molar-refractivity contribution < 1.29 is 18.3 Å². The van der Waals surface area contributed by atoms with Crippen molar-refractivity contribution in [3.05, 3.63) is 0 Å². The van der Waals surface area contributed by atoms with Crippen molar-refractivity contribution >= 4 is 15.8 Å². The highest BCUT2D eigenvalue weighted by Crippen LogP contribution is 2.16. The van der Waals surface area contributed by atoms with Crippen molar-refractivity contribution in [3.8, 4) is 0 Å². The van der Waals surface area contributed by atoms with Gasteiger partial charge in [0.25, 0.3) is 0 Å². The number of rotatable bonds is 7. The number of hydrogen-bond donors (Lipinski definition) is 1. The van der Waals surface area contributed by atoms with Crippen molar-refractivity contribution in [2.24, 2.45) is 5.92 Å². The molecule has 0 saturated carbocycles. The van der Waals surface area contributed by atoms with E-state index in [2.05, 4.69) is 0 Å². The fourth-order valence-corrected chi connectivity index (χ4v) is 2.51. The van der Waals surface area contributed by atoms with Crippen LogP contribution in [-0.4, -0.2) is 54.5 Å². The maximum Gasteiger partial charge on any atom is 0.307 e. The second kappa shape index (κ2) is 6.52. The molecule has 0 aliphatic carbocycles. The van der Waals surface area contributed by atoms with E-state index in [0.29, 0.717) is 19.6 Å². The summed E-state index contributed by atoms with van der Waals surface area (Å²) in [7, 11) is -3.15. The molecule has 0 fully saturated rings. The number of sulfone groups is 1. The monoisotopic (exact) mass is 279 g/mol. The normalized spacial score (nSPS) is 14.8. The molecule has 0 aromatic rings. The Kier molecular flexibility index (Phi) is 6.29. The Bertz CT molecular complexity index is 370. The maximum absolute atomic E-state index is 11.9. The molecule has 108 valence electrons. The van der Waals surface area contributed by atoms with Gasteiger partial charge in [0.05, 0.1) is 16.4 Å². The first-order valence-electron chi connectivity index (χ1n) is 6.18. The van der Waals surface area contributed by atoms with Crippen LogP contribution in [0.4, 0.5) is 0 Å². The first-order valence-corrected chi connectivity index (χ1v) is 7.84. The highest BCUT2D eigenvalue weighted by atomic mass is 32.2. The van der Waals surface area contributed by atoms with Crippen molar-refractivity contribution in [2.45, 2.75) is 39.4 Å². The summed E-state index contributed by atoms with van der Waals surface area (Å²) in [5.41, 5.74) is 0. The number of nitrogens with zero attached hydrogens (tertiary/aromatic N) is 1. The summed E-state index contributed by atoms with van der Waals surface area (Å²) in [5, 5.41) is 8.84. The summed E-state index contributed by atoms with van der Waals surface area (Å²) in [4.78, 5) is 12.6. The zero-order valence-electron chi connectivity index (χ0n) is 11.9. The van der Waals surface area contributed by atoms with E-state index in [1.54, 1.807) is 27.7 Å². The predicted octanol–water partition coefficient (Wildman–Crippen LogP) is 1.24. The van der Waals surface area contributed by atoms with Crippen LogP contribution in [0.5, 0.6) is 0 Å². The van der Waals surface area contributed by atoms with Crippen LogP contribution < -0.4 is 0 Å². The molecule has 0 rings (SSSR count). The smallest absolute Gasteiger partial charge is 0.307 e. The molecule has 0 bridgehead atoms. The fraction of sp³-hybridized carbons (Fsp3) is 0.917. The molecule has 1 N–H and O–H groups in total. The number of carboxylic acid groups (broad SMARTS) is 1. The quantitative estimate of drug-likeness (QED) is 0.759. The number of aliphatic carboxylic acids is 1. The topological polar surface area (TPSA) is 74.7 Å². The van der Waals surface area contributed by atoms with Crippen LogP contribution >= 0.6 is 0 Å². The van der Waals surface area contributed by atoms with Gasteiger partial charge < -0.3 is 10.0 Å². The summed E-state index contributed by atoms with van der Waals surface area (Å²) in [6.07, 6.45) is 0. The van der Waals surface area contributed by atoms with E-state index in [-0.39, 0.29) is 5.75 Å². The van der Waals surface area contributed by atoms with Crippen molar-refractivity contribution in [3.63, 3.8) is 0 Å². The van der Waals surface area contributed by atoms with Gasteiger partial charge in [-0.25, -0.2) is 8.42 Å². The number of carboxylic acids is 1. The Hall–Kier alpha value is -0.620. The molecule has 0 aliphatic heterocycles. The minimum atomic E-state index is -3.15. The van der Waals surface area contributed by atoms with Crippen LogP contribution in [0.1, 0.15) is 34.6 Å². The van der Waals surface area contributed by atoms with E-state index in [1.165, 1.54) is 0 Å². The molecule has 0 aromatic heterocycles. The van der Waals surface area contributed by atoms with Gasteiger partial charge in [0, 0.05) is 13.1 Å². The molecular weight excluding hydrogens is 254 g/mol. The largest absolute Gasteiger partial charge is 0.481 e. The minimum absolute atomic E-state index is 0.0661. The molecule has 5 nitrogen and oxygen atoms in total. The van der Waals surface area contributed by atoms with E-state index < -0.39 is 26.5 Å². The van der Waals surface area contributed by atoms with Gasteiger partial charge in [-0.1, -0.05) is 13.8 Å². The molecule has 0 aromatic carbocycles. The van der Waals surface area contributed by atoms with Gasteiger partial charge in [-0.15, -0.1) is 0 Å². The second-order valence-corrected chi connectivity index (χ2v) is 8.43. The molecule has 0 radical (unpaired) electrons. The average molecular weight is 279 g/mol. The zero-order chi connectivity index (χ0) is 14.6. The average Bonchev–Trinajstić information content (AvgIpc) is 2.21. The molecule has 0 spiro atoms. The van der Waals surface area contributed by atoms with Gasteiger partial charge >= 0.3 is 5.97 Å². The molecule has 0 heterocycles. The Labute approximate surface area is 110 Å². The van der Waals surface area contributed by atoms with Crippen LogP contribution in [0.15, 0.2) is 0 Å². The third-order valence-electron chi connectivity index (χ3n) is 3.01. The summed E-state index contributed by atoms with van der Waals surface area (Å²) in [5.74, 6) is -1.27. The molecular formula is C12H25NO4S. The van der Waals surface area contributed by atoms with E-state index >= 15 is 0 Å². The van der Waals surface area contributed by atoms with Crippen LogP contribution in [0.2, 0.25) is 0 Å². The van der Waals surface area contributed by atoms with Crippen molar-refractivity contribution in [1.82, 2.24) is 4.90 Å². The van der Waals surface area contributed by atoms with E-state index in [9.17, 15) is 13.2 Å². The van der Waals surface area contributed by atoms with Crippen molar-refractivity contribution in [2.75, 3.05) is 25.4 Å². The fourth-order valence-electron chi connectivity index (χ4n) is 1.40. The molecule has 0 saturated heterocycles. The van der Waals surface area contributed by atoms with Crippen LogP contribution in [0.25, 0.3) is 0 Å². The number of carbonyl (C=O) groups is 1. The maximum atomic E-state index is 11.9. The van der Waals surface area contributed by atoms with Crippen LogP contribution in [-0.2, 0) is 14.6 Å². The molecule has 6 heteroatoms. The SMILES string of the molecule is CCN(CCS(=O)(=O)C(C)(C)C)CC(C)C(=O)O. The summed E-state index contributed by atoms with van der Waals surface area (Å²) >= 11 is 0. The summed E-state index contributed by atoms with van der Waals surface area (Å²) in [6.45, 7) is 9.98. The summed E-state index contributed by atoms with van der Waals surface area (Å²) < 4.78 is 23.1. The second-order valence-electron chi connectivity index (χ2n) is 5.56. The lowest BCUT2D eigenvalue weighted by atomic mass is 10.2. The Morgan fingerprint density at radius 3 is 2.17 bits per heavy atom. The van der Waals surface area contributed by atoms with E-state index in [4.69, 9.17) is 5.11 Å². The van der Waals surface area contributed by atoms with E-state index in [0.717, 1.165) is 0 Å². The van der Waals surface area contributed by atoms with Gasteiger partial charge in [-0.05, 0) is 27.3 Å². The highest BCUT2D eigenvalue weighted by molar-refractivity contribution is 7.92. The first kappa shape index (κ1) is 17.4. The standard InChI is InChI=1S/C12H25NO4S/c1-6-13(9-10(2)11(14)15)7-8-18(16,17)12(3,4)5/h10H,6-9H2,1-5H3,(H,14,15). The highest BCUT2D eigenvalue weighted by Gasteiger charge is 2.29. The van der Waals surface area contributed by atoms with Crippen molar-refractivity contribution in [1.29, 1.82) is 0 Å². The molecule has 1 atom stereocenters. The molecule has 18 heavy (non-hydrogen) atoms. The molecule has 0 amide bonds. The Morgan fingerprint density at radius 2 is 1.83 bits per heavy atom.